The number of amides is 4. The molecular weight excluding hydrogens is 524 g/mol. The lowest BCUT2D eigenvalue weighted by atomic mass is 10.2. The van der Waals surface area contributed by atoms with Crippen molar-refractivity contribution in [3.8, 4) is 10.7 Å². The van der Waals surface area contributed by atoms with Crippen molar-refractivity contribution in [2.24, 2.45) is 0 Å². The van der Waals surface area contributed by atoms with Gasteiger partial charge in [-0.05, 0) is 39.2 Å². The minimum Gasteiger partial charge on any atom is -0.444 e. The van der Waals surface area contributed by atoms with Gasteiger partial charge in [0.25, 0.3) is 5.91 Å². The number of carbonyl (C=O) groups excluding carboxylic acids is 4. The van der Waals surface area contributed by atoms with Crippen LogP contribution in [0.5, 0.6) is 0 Å². The van der Waals surface area contributed by atoms with E-state index in [0.717, 1.165) is 17.2 Å². The Morgan fingerprint density at radius 1 is 0.944 bits per heavy atom. The SMILES string of the molecule is CSCCCNC(=O)c1csc(-c2csc(CCNC(=O)CNC(=O)CNC(=O)OC(C)(C)C)n2)n1. The molecule has 4 amide bonds. The largest absolute Gasteiger partial charge is 0.444 e. The molecule has 36 heavy (non-hydrogen) atoms. The number of carbonyl (C=O) groups is 4. The Bertz CT molecular complexity index is 1030. The normalized spacial score (nSPS) is 11.0. The molecule has 0 aliphatic carbocycles. The van der Waals surface area contributed by atoms with Crippen LogP contribution in [0, 0.1) is 0 Å². The number of aromatic nitrogens is 2. The van der Waals surface area contributed by atoms with Gasteiger partial charge in [0.1, 0.15) is 28.5 Å². The topological polar surface area (TPSA) is 151 Å². The molecule has 0 unspecified atom stereocenters. The van der Waals surface area contributed by atoms with Crippen molar-refractivity contribution in [2.45, 2.75) is 39.2 Å². The van der Waals surface area contributed by atoms with Gasteiger partial charge in [-0.15, -0.1) is 22.7 Å². The summed E-state index contributed by atoms with van der Waals surface area (Å²) in [4.78, 5) is 56.4. The second-order valence-corrected chi connectivity index (χ2v) is 11.3. The van der Waals surface area contributed by atoms with Gasteiger partial charge in [0, 0.05) is 30.3 Å². The monoisotopic (exact) mass is 556 g/mol. The van der Waals surface area contributed by atoms with Crippen LogP contribution in [0.4, 0.5) is 4.79 Å². The minimum atomic E-state index is -0.705. The quantitative estimate of drug-likeness (QED) is 0.274. The van der Waals surface area contributed by atoms with E-state index in [1.54, 1.807) is 37.9 Å². The molecule has 0 atom stereocenters. The number of nitrogens with zero attached hydrogens (tertiary/aromatic N) is 2. The molecule has 2 rings (SSSR count). The van der Waals surface area contributed by atoms with Gasteiger partial charge in [0.15, 0.2) is 0 Å². The number of alkyl carbamates (subject to hydrolysis) is 1. The highest BCUT2D eigenvalue weighted by molar-refractivity contribution is 7.98. The fraction of sp³-hybridized carbons (Fsp3) is 0.545. The van der Waals surface area contributed by atoms with Crippen LogP contribution in [-0.4, -0.2) is 77.6 Å². The molecule has 2 aromatic heterocycles. The zero-order valence-corrected chi connectivity index (χ0v) is 23.2. The molecule has 4 N–H and O–H groups in total. The van der Waals surface area contributed by atoms with Crippen LogP contribution in [0.25, 0.3) is 10.7 Å². The molecule has 198 valence electrons. The first kappa shape index (κ1) is 29.5. The van der Waals surface area contributed by atoms with Crippen LogP contribution in [0.1, 0.15) is 42.7 Å². The van der Waals surface area contributed by atoms with Gasteiger partial charge >= 0.3 is 6.09 Å². The number of hydrogen-bond acceptors (Lipinski definition) is 10. The zero-order chi connectivity index (χ0) is 26.6. The van der Waals surface area contributed by atoms with Crippen molar-refractivity contribution >= 4 is 58.3 Å². The molecule has 0 saturated carbocycles. The van der Waals surface area contributed by atoms with E-state index < -0.39 is 17.6 Å². The van der Waals surface area contributed by atoms with Crippen LogP contribution in [-0.2, 0) is 20.7 Å². The maximum Gasteiger partial charge on any atom is 0.408 e. The van der Waals surface area contributed by atoms with E-state index in [1.807, 2.05) is 11.6 Å². The summed E-state index contributed by atoms with van der Waals surface area (Å²) in [6.45, 7) is 5.62. The number of hydrogen-bond donors (Lipinski definition) is 4. The molecule has 0 fully saturated rings. The zero-order valence-electron chi connectivity index (χ0n) is 20.8. The predicted octanol–water partition coefficient (Wildman–Crippen LogP) is 2.05. The summed E-state index contributed by atoms with van der Waals surface area (Å²) in [5, 5.41) is 15.4. The van der Waals surface area contributed by atoms with Crippen molar-refractivity contribution in [1.29, 1.82) is 0 Å². The molecular formula is C22H32N6O5S3. The molecule has 2 aromatic rings. The van der Waals surface area contributed by atoms with Crippen molar-refractivity contribution in [2.75, 3.05) is 38.2 Å². The Labute approximate surface area is 222 Å². The predicted molar refractivity (Wildman–Crippen MR) is 143 cm³/mol. The molecule has 0 saturated heterocycles. The first-order valence-electron chi connectivity index (χ1n) is 11.2. The molecule has 0 aromatic carbocycles. The van der Waals surface area contributed by atoms with Gasteiger partial charge in [0.2, 0.25) is 11.8 Å². The first-order valence-corrected chi connectivity index (χ1v) is 14.4. The summed E-state index contributed by atoms with van der Waals surface area (Å²) in [5.41, 5.74) is 0.410. The van der Waals surface area contributed by atoms with Crippen LogP contribution in [0.15, 0.2) is 10.8 Å². The van der Waals surface area contributed by atoms with E-state index in [4.69, 9.17) is 4.74 Å². The van der Waals surface area contributed by atoms with Crippen LogP contribution in [0.3, 0.4) is 0 Å². The minimum absolute atomic E-state index is 0.190. The van der Waals surface area contributed by atoms with Crippen LogP contribution < -0.4 is 21.3 Å². The lowest BCUT2D eigenvalue weighted by Crippen LogP contribution is -2.43. The van der Waals surface area contributed by atoms with Crippen LogP contribution in [0.2, 0.25) is 0 Å². The lowest BCUT2D eigenvalue weighted by molar-refractivity contribution is -0.125. The summed E-state index contributed by atoms with van der Waals surface area (Å²) >= 11 is 4.54. The lowest BCUT2D eigenvalue weighted by Gasteiger charge is -2.19. The van der Waals surface area contributed by atoms with Gasteiger partial charge in [0.05, 0.1) is 11.6 Å². The summed E-state index contributed by atoms with van der Waals surface area (Å²) < 4.78 is 5.04. The molecule has 0 aliphatic rings. The van der Waals surface area contributed by atoms with Gasteiger partial charge in [-0.3, -0.25) is 14.4 Å². The van der Waals surface area contributed by atoms with E-state index in [-0.39, 0.29) is 24.9 Å². The van der Waals surface area contributed by atoms with Crippen molar-refractivity contribution in [3.63, 3.8) is 0 Å². The molecule has 0 aliphatic heterocycles. The molecule has 14 heteroatoms. The third-order valence-corrected chi connectivity index (χ3v) is 6.69. The Morgan fingerprint density at radius 3 is 2.39 bits per heavy atom. The van der Waals surface area contributed by atoms with Gasteiger partial charge in [-0.2, -0.15) is 11.8 Å². The summed E-state index contributed by atoms with van der Waals surface area (Å²) in [6, 6.07) is 0. The van der Waals surface area contributed by atoms with Gasteiger partial charge < -0.3 is 26.0 Å². The Balaban J connectivity index is 1.67. The van der Waals surface area contributed by atoms with Crippen molar-refractivity contribution in [3.05, 3.63) is 21.5 Å². The molecule has 2 heterocycles. The second kappa shape index (κ2) is 14.8. The summed E-state index contributed by atoms with van der Waals surface area (Å²) in [7, 11) is 0. The Kier molecular flexibility index (Phi) is 12.1. The summed E-state index contributed by atoms with van der Waals surface area (Å²) in [5.74, 6) is -0.0564. The fourth-order valence-corrected chi connectivity index (χ4v) is 4.66. The molecule has 0 radical (unpaired) electrons. The number of ether oxygens (including phenoxy) is 1. The average Bonchev–Trinajstić information content (AvgIpc) is 3.48. The number of thioether (sulfide) groups is 1. The molecule has 0 bridgehead atoms. The molecule has 0 spiro atoms. The molecule has 11 nitrogen and oxygen atoms in total. The number of nitrogens with one attached hydrogen (secondary N) is 4. The Morgan fingerprint density at radius 2 is 1.67 bits per heavy atom. The van der Waals surface area contributed by atoms with E-state index in [1.165, 1.54) is 22.7 Å². The van der Waals surface area contributed by atoms with E-state index in [9.17, 15) is 19.2 Å². The van der Waals surface area contributed by atoms with E-state index in [2.05, 4.69) is 31.2 Å². The third kappa shape index (κ3) is 11.4. The summed E-state index contributed by atoms with van der Waals surface area (Å²) in [6.07, 6.45) is 2.75. The van der Waals surface area contributed by atoms with Crippen LogP contribution >= 0.6 is 34.4 Å². The van der Waals surface area contributed by atoms with Crippen molar-refractivity contribution in [1.82, 2.24) is 31.2 Å². The van der Waals surface area contributed by atoms with Crippen molar-refractivity contribution < 1.29 is 23.9 Å². The van der Waals surface area contributed by atoms with Gasteiger partial charge in [-0.25, -0.2) is 14.8 Å². The standard InChI is InChI=1S/C22H32N6O5S3/c1-22(2,3)33-21(32)26-11-17(30)25-10-16(29)23-8-6-18-27-15(13-35-18)20-28-14(12-36-20)19(31)24-7-5-9-34-4/h12-13H,5-11H2,1-4H3,(H,23,29)(H,24,31)(H,25,30)(H,26,32). The fourth-order valence-electron chi connectivity index (χ4n) is 2.61. The highest BCUT2D eigenvalue weighted by atomic mass is 32.2. The highest BCUT2D eigenvalue weighted by Crippen LogP contribution is 2.25. The smallest absolute Gasteiger partial charge is 0.408 e. The number of thiazole rings is 2. The third-order valence-electron chi connectivity index (χ3n) is 4.22. The maximum absolute atomic E-state index is 12.2. The first-order chi connectivity index (χ1) is 17.1. The number of rotatable bonds is 13. The van der Waals surface area contributed by atoms with Gasteiger partial charge in [-0.1, -0.05) is 0 Å². The second-order valence-electron chi connectivity index (χ2n) is 8.50. The Hall–Kier alpha value is -2.71. The highest BCUT2D eigenvalue weighted by Gasteiger charge is 2.17. The average molecular weight is 557 g/mol. The maximum atomic E-state index is 12.2. The van der Waals surface area contributed by atoms with E-state index >= 15 is 0 Å². The van der Waals surface area contributed by atoms with E-state index in [0.29, 0.717) is 35.9 Å².